The Kier molecular flexibility index (Phi) is 3.28. The van der Waals surface area contributed by atoms with Gasteiger partial charge in [-0.15, -0.1) is 0 Å². The molecule has 0 aliphatic heterocycles. The van der Waals surface area contributed by atoms with Crippen LogP contribution in [0, 0.1) is 0 Å². The maximum absolute atomic E-state index is 4.08. The van der Waals surface area contributed by atoms with Crippen molar-refractivity contribution in [3.8, 4) is 11.1 Å². The minimum Gasteiger partial charge on any atom is -0.0838 e. The highest BCUT2D eigenvalue weighted by Gasteiger charge is 2.54. The van der Waals surface area contributed by atoms with Crippen molar-refractivity contribution in [3.05, 3.63) is 125 Å². The second-order valence-corrected chi connectivity index (χ2v) is 9.59. The fourth-order valence-corrected chi connectivity index (χ4v) is 6.98. The summed E-state index contributed by atoms with van der Waals surface area (Å²) in [5.41, 5.74) is 11.1. The van der Waals surface area contributed by atoms with Crippen LogP contribution in [0.4, 0.5) is 0 Å². The minimum atomic E-state index is -0.221. The van der Waals surface area contributed by atoms with E-state index in [4.69, 9.17) is 0 Å². The molecule has 0 nitrogen and oxygen atoms in total. The Bertz CT molecular complexity index is 1440. The van der Waals surface area contributed by atoms with Crippen molar-refractivity contribution in [1.29, 1.82) is 0 Å². The summed E-state index contributed by atoms with van der Waals surface area (Å²) < 4.78 is 0. The van der Waals surface area contributed by atoms with Gasteiger partial charge in [-0.2, -0.15) is 0 Å². The van der Waals surface area contributed by atoms with Crippen molar-refractivity contribution in [2.45, 2.75) is 16.7 Å². The predicted molar refractivity (Wildman–Crippen MR) is 129 cm³/mol. The van der Waals surface area contributed by atoms with Gasteiger partial charge in [-0.1, -0.05) is 113 Å². The number of alkyl halides is 1. The third-order valence-corrected chi connectivity index (χ3v) is 8.02. The maximum Gasteiger partial charge on any atom is 0.0699 e. The number of hydrogen-bond donors (Lipinski definition) is 0. The lowest BCUT2D eigenvalue weighted by atomic mass is 9.68. The highest BCUT2D eigenvalue weighted by atomic mass is 79.9. The Morgan fingerprint density at radius 1 is 0.700 bits per heavy atom. The molecule has 30 heavy (non-hydrogen) atoms. The molecule has 7 rings (SSSR count). The van der Waals surface area contributed by atoms with Crippen molar-refractivity contribution < 1.29 is 0 Å². The largest absolute Gasteiger partial charge is 0.0838 e. The second kappa shape index (κ2) is 5.83. The Labute approximate surface area is 184 Å². The average molecular weight is 447 g/mol. The van der Waals surface area contributed by atoms with E-state index in [1.165, 1.54) is 55.3 Å². The predicted octanol–water partition coefficient (Wildman–Crippen LogP) is 7.65. The Balaban J connectivity index is 1.73. The van der Waals surface area contributed by atoms with Crippen LogP contribution in [-0.4, -0.2) is 4.83 Å². The van der Waals surface area contributed by atoms with Gasteiger partial charge in [0.15, 0.2) is 0 Å². The molecule has 0 heterocycles. The highest BCUT2D eigenvalue weighted by Crippen LogP contribution is 2.65. The summed E-state index contributed by atoms with van der Waals surface area (Å²) in [4.78, 5) is 0.329. The summed E-state index contributed by atoms with van der Waals surface area (Å²) >= 11 is 4.08. The molecule has 4 aromatic carbocycles. The maximum atomic E-state index is 4.08. The average Bonchev–Trinajstić information content (AvgIpc) is 3.27. The third kappa shape index (κ3) is 1.84. The molecule has 1 spiro atoms. The fraction of sp³-hybridized carbons (Fsp3) is 0.103. The van der Waals surface area contributed by atoms with Gasteiger partial charge >= 0.3 is 0 Å². The van der Waals surface area contributed by atoms with Crippen LogP contribution in [0.15, 0.2) is 103 Å². The Hall–Kier alpha value is -2.90. The standard InChI is InChI=1S/C29H19Br/c30-26-15-7-12-21-20-10-3-5-13-23(20)29(28(21)26)24-14-6-4-11-22(24)27-19-9-2-1-8-18(19)16-17-25(27)29/h1-14,16-17,26H,15H2. The van der Waals surface area contributed by atoms with E-state index in [0.717, 1.165) is 6.42 Å². The molecule has 3 aliphatic carbocycles. The van der Waals surface area contributed by atoms with Crippen molar-refractivity contribution in [3.63, 3.8) is 0 Å². The highest BCUT2D eigenvalue weighted by molar-refractivity contribution is 9.09. The summed E-state index contributed by atoms with van der Waals surface area (Å²) in [5, 5.41) is 2.66. The molecule has 0 aromatic heterocycles. The van der Waals surface area contributed by atoms with Gasteiger partial charge in [-0.25, -0.2) is 0 Å². The van der Waals surface area contributed by atoms with Crippen LogP contribution < -0.4 is 0 Å². The number of benzene rings is 4. The van der Waals surface area contributed by atoms with E-state index in [0.29, 0.717) is 4.83 Å². The van der Waals surface area contributed by atoms with E-state index < -0.39 is 0 Å². The van der Waals surface area contributed by atoms with Crippen molar-refractivity contribution in [1.82, 2.24) is 0 Å². The molecule has 0 saturated heterocycles. The summed E-state index contributed by atoms with van der Waals surface area (Å²) in [6.07, 6.45) is 5.69. The molecule has 3 aliphatic rings. The molecule has 0 N–H and O–H groups in total. The summed E-state index contributed by atoms with van der Waals surface area (Å²) in [7, 11) is 0. The van der Waals surface area contributed by atoms with Gasteiger partial charge in [0, 0.05) is 4.83 Å². The first-order valence-corrected chi connectivity index (χ1v) is 11.5. The molecule has 1 heteroatoms. The SMILES string of the molecule is BrC1CC=CC2=C1C1(c3ccccc32)c2ccccc2-c2c1ccc1ccccc21. The molecule has 0 amide bonds. The molecule has 2 unspecified atom stereocenters. The van der Waals surface area contributed by atoms with Crippen LogP contribution in [0.1, 0.15) is 28.7 Å². The molecule has 0 radical (unpaired) electrons. The van der Waals surface area contributed by atoms with Gasteiger partial charge in [-0.05, 0) is 61.7 Å². The second-order valence-electron chi connectivity index (χ2n) is 8.48. The molecular weight excluding hydrogens is 428 g/mol. The molecule has 4 aromatic rings. The lowest BCUT2D eigenvalue weighted by Gasteiger charge is -2.35. The molecule has 0 bridgehead atoms. The normalized spacial score (nSPS) is 22.9. The lowest BCUT2D eigenvalue weighted by Crippen LogP contribution is -2.31. The lowest BCUT2D eigenvalue weighted by molar-refractivity contribution is 0.726. The molecule has 0 fully saturated rings. The van der Waals surface area contributed by atoms with Gasteiger partial charge in [0.05, 0.1) is 5.41 Å². The quantitative estimate of drug-likeness (QED) is 0.243. The minimum absolute atomic E-state index is 0.221. The fourth-order valence-electron chi connectivity index (χ4n) is 6.17. The van der Waals surface area contributed by atoms with Gasteiger partial charge in [-0.3, -0.25) is 0 Å². The summed E-state index contributed by atoms with van der Waals surface area (Å²) in [5.74, 6) is 0. The first-order valence-electron chi connectivity index (χ1n) is 10.6. The van der Waals surface area contributed by atoms with E-state index in [1.54, 1.807) is 0 Å². The number of fused-ring (bicyclic) bond motifs is 11. The number of rotatable bonds is 0. The summed E-state index contributed by atoms with van der Waals surface area (Å²) in [6, 6.07) is 31.6. The van der Waals surface area contributed by atoms with Crippen LogP contribution in [0.3, 0.4) is 0 Å². The van der Waals surface area contributed by atoms with Crippen molar-refractivity contribution in [2.24, 2.45) is 0 Å². The first kappa shape index (κ1) is 16.8. The van der Waals surface area contributed by atoms with Crippen molar-refractivity contribution >= 4 is 32.3 Å². The van der Waals surface area contributed by atoms with Crippen molar-refractivity contribution in [2.75, 3.05) is 0 Å². The van der Waals surface area contributed by atoms with Gasteiger partial charge in [0.2, 0.25) is 0 Å². The van der Waals surface area contributed by atoms with E-state index in [2.05, 4.69) is 113 Å². The molecular formula is C29H19Br. The van der Waals surface area contributed by atoms with Crippen LogP contribution in [-0.2, 0) is 5.41 Å². The zero-order valence-electron chi connectivity index (χ0n) is 16.4. The Morgan fingerprint density at radius 2 is 1.40 bits per heavy atom. The van der Waals surface area contributed by atoms with E-state index >= 15 is 0 Å². The van der Waals surface area contributed by atoms with Gasteiger partial charge in [0.25, 0.3) is 0 Å². The zero-order chi connectivity index (χ0) is 19.9. The zero-order valence-corrected chi connectivity index (χ0v) is 18.0. The smallest absolute Gasteiger partial charge is 0.0699 e. The van der Waals surface area contributed by atoms with Gasteiger partial charge < -0.3 is 0 Å². The summed E-state index contributed by atoms with van der Waals surface area (Å²) in [6.45, 7) is 0. The molecule has 142 valence electrons. The van der Waals surface area contributed by atoms with Gasteiger partial charge in [0.1, 0.15) is 0 Å². The third-order valence-electron chi connectivity index (χ3n) is 7.19. The van der Waals surface area contributed by atoms with E-state index in [-0.39, 0.29) is 5.41 Å². The van der Waals surface area contributed by atoms with Crippen LogP contribution in [0.2, 0.25) is 0 Å². The van der Waals surface area contributed by atoms with Crippen LogP contribution in [0.5, 0.6) is 0 Å². The topological polar surface area (TPSA) is 0 Å². The number of halogens is 1. The Morgan fingerprint density at radius 3 is 2.27 bits per heavy atom. The number of allylic oxidation sites excluding steroid dienone is 4. The van der Waals surface area contributed by atoms with E-state index in [9.17, 15) is 0 Å². The molecule has 2 atom stereocenters. The van der Waals surface area contributed by atoms with Crippen LogP contribution >= 0.6 is 15.9 Å². The monoisotopic (exact) mass is 446 g/mol. The number of hydrogen-bond acceptors (Lipinski definition) is 0. The van der Waals surface area contributed by atoms with Crippen LogP contribution in [0.25, 0.3) is 27.5 Å². The van der Waals surface area contributed by atoms with E-state index in [1.807, 2.05) is 0 Å². The molecule has 0 saturated carbocycles. The first-order chi connectivity index (χ1) is 14.8.